The molecule has 7 heteroatoms. The van der Waals surface area contributed by atoms with Crippen LogP contribution >= 0.6 is 11.8 Å². The molecule has 3 N–H and O–H groups in total. The van der Waals surface area contributed by atoms with Crippen molar-refractivity contribution in [2.45, 2.75) is 36.6 Å². The normalized spacial score (nSPS) is 12.6. The summed E-state index contributed by atoms with van der Waals surface area (Å²) in [6.07, 6.45) is 1.70. The van der Waals surface area contributed by atoms with E-state index in [-0.39, 0.29) is 11.7 Å². The number of nitrogens with two attached hydrogens (primary N) is 1. The van der Waals surface area contributed by atoms with Crippen molar-refractivity contribution >= 4 is 11.8 Å². The molecule has 2 aromatic rings. The lowest BCUT2D eigenvalue weighted by Crippen LogP contribution is -2.16. The SMILES string of the molecule is CCn1c(Sc2ncccc2[C@@H](C)N)n[nH]c1=O. The molecule has 0 amide bonds. The quantitative estimate of drug-likeness (QED) is 0.865. The standard InChI is InChI=1S/C11H15N5OS/c1-3-16-10(17)14-15-11(16)18-9-8(7(2)12)5-4-6-13-9/h4-7H,3,12H2,1-2H3,(H,14,17)/t7-/m1/s1. The van der Waals surface area contributed by atoms with Gasteiger partial charge in [0.1, 0.15) is 5.03 Å². The second kappa shape index (κ2) is 5.36. The second-order valence-corrected chi connectivity index (χ2v) is 4.80. The molecule has 2 rings (SSSR count). The summed E-state index contributed by atoms with van der Waals surface area (Å²) < 4.78 is 1.56. The van der Waals surface area contributed by atoms with E-state index in [1.807, 2.05) is 26.0 Å². The van der Waals surface area contributed by atoms with E-state index in [0.717, 1.165) is 10.6 Å². The highest BCUT2D eigenvalue weighted by atomic mass is 32.2. The van der Waals surface area contributed by atoms with E-state index in [1.54, 1.807) is 10.8 Å². The van der Waals surface area contributed by atoms with Crippen molar-refractivity contribution in [3.05, 3.63) is 34.4 Å². The minimum atomic E-state index is -0.210. The van der Waals surface area contributed by atoms with Crippen LogP contribution in [0.4, 0.5) is 0 Å². The lowest BCUT2D eigenvalue weighted by Gasteiger charge is -2.10. The molecule has 0 aliphatic heterocycles. The summed E-state index contributed by atoms with van der Waals surface area (Å²) in [5.74, 6) is 0. The van der Waals surface area contributed by atoms with Gasteiger partial charge < -0.3 is 5.73 Å². The number of hydrogen-bond donors (Lipinski definition) is 2. The molecule has 0 aromatic carbocycles. The first kappa shape index (κ1) is 12.8. The maximum absolute atomic E-state index is 11.5. The van der Waals surface area contributed by atoms with Gasteiger partial charge in [-0.15, -0.1) is 5.10 Å². The Bertz CT molecular complexity index is 589. The Morgan fingerprint density at radius 2 is 2.39 bits per heavy atom. The van der Waals surface area contributed by atoms with Crippen LogP contribution in [0.15, 0.2) is 33.3 Å². The van der Waals surface area contributed by atoms with E-state index < -0.39 is 0 Å². The van der Waals surface area contributed by atoms with Crippen LogP contribution in [-0.4, -0.2) is 19.7 Å². The Kier molecular flexibility index (Phi) is 3.83. The molecule has 0 aliphatic carbocycles. The molecule has 0 saturated carbocycles. The predicted molar refractivity (Wildman–Crippen MR) is 69.5 cm³/mol. The number of H-pyrrole nitrogens is 1. The first-order valence-electron chi connectivity index (χ1n) is 5.67. The smallest absolute Gasteiger partial charge is 0.324 e. The van der Waals surface area contributed by atoms with Crippen molar-refractivity contribution < 1.29 is 0 Å². The van der Waals surface area contributed by atoms with Gasteiger partial charge in [0, 0.05) is 24.3 Å². The van der Waals surface area contributed by atoms with E-state index in [4.69, 9.17) is 5.73 Å². The van der Waals surface area contributed by atoms with Gasteiger partial charge in [-0.05, 0) is 31.7 Å². The van der Waals surface area contributed by atoms with E-state index in [1.165, 1.54) is 11.8 Å². The van der Waals surface area contributed by atoms with Gasteiger partial charge in [-0.3, -0.25) is 4.57 Å². The summed E-state index contributed by atoms with van der Waals surface area (Å²) in [7, 11) is 0. The zero-order chi connectivity index (χ0) is 13.1. The predicted octanol–water partition coefficient (Wildman–Crippen LogP) is 1.16. The largest absolute Gasteiger partial charge is 0.343 e. The van der Waals surface area contributed by atoms with Gasteiger partial charge in [-0.2, -0.15) is 0 Å². The number of hydrogen-bond acceptors (Lipinski definition) is 5. The Labute approximate surface area is 109 Å². The zero-order valence-electron chi connectivity index (χ0n) is 10.3. The molecular weight excluding hydrogens is 250 g/mol. The summed E-state index contributed by atoms with van der Waals surface area (Å²) in [6, 6.07) is 3.67. The van der Waals surface area contributed by atoms with Crippen molar-refractivity contribution in [2.24, 2.45) is 5.73 Å². The summed E-state index contributed by atoms with van der Waals surface area (Å²) in [6.45, 7) is 4.36. The third-order valence-corrected chi connectivity index (χ3v) is 3.55. The molecule has 6 nitrogen and oxygen atoms in total. The van der Waals surface area contributed by atoms with E-state index in [2.05, 4.69) is 15.2 Å². The molecule has 0 aliphatic rings. The number of aromatic amines is 1. The van der Waals surface area contributed by atoms with Crippen LogP contribution < -0.4 is 11.4 Å². The lowest BCUT2D eigenvalue weighted by atomic mass is 10.2. The Hall–Kier alpha value is -1.60. The zero-order valence-corrected chi connectivity index (χ0v) is 11.1. The van der Waals surface area contributed by atoms with Gasteiger partial charge in [-0.1, -0.05) is 6.07 Å². The van der Waals surface area contributed by atoms with Gasteiger partial charge in [0.25, 0.3) is 0 Å². The molecule has 0 bridgehead atoms. The van der Waals surface area contributed by atoms with Gasteiger partial charge in [0.05, 0.1) is 0 Å². The fourth-order valence-corrected chi connectivity index (χ4v) is 2.65. The minimum Gasteiger partial charge on any atom is -0.324 e. The fourth-order valence-electron chi connectivity index (χ4n) is 1.58. The summed E-state index contributed by atoms with van der Waals surface area (Å²) in [5.41, 5.74) is 6.63. The van der Waals surface area contributed by atoms with Crippen molar-refractivity contribution in [1.29, 1.82) is 0 Å². The Morgan fingerprint density at radius 3 is 3.06 bits per heavy atom. The molecule has 2 heterocycles. The Morgan fingerprint density at radius 1 is 1.61 bits per heavy atom. The number of nitrogens with one attached hydrogen (secondary N) is 1. The fraction of sp³-hybridized carbons (Fsp3) is 0.364. The maximum Gasteiger partial charge on any atom is 0.343 e. The highest BCUT2D eigenvalue weighted by molar-refractivity contribution is 7.99. The molecular formula is C11H15N5OS. The number of aromatic nitrogens is 4. The minimum absolute atomic E-state index is 0.109. The number of nitrogens with zero attached hydrogens (tertiary/aromatic N) is 3. The van der Waals surface area contributed by atoms with Crippen LogP contribution in [-0.2, 0) is 6.54 Å². The van der Waals surface area contributed by atoms with Gasteiger partial charge >= 0.3 is 5.69 Å². The van der Waals surface area contributed by atoms with Crippen LogP contribution in [0.1, 0.15) is 25.5 Å². The number of rotatable bonds is 4. The van der Waals surface area contributed by atoms with Crippen molar-refractivity contribution in [3.63, 3.8) is 0 Å². The number of pyridine rings is 1. The van der Waals surface area contributed by atoms with E-state index in [0.29, 0.717) is 11.7 Å². The second-order valence-electron chi connectivity index (χ2n) is 3.84. The summed E-state index contributed by atoms with van der Waals surface area (Å²) in [5, 5.41) is 7.80. The molecule has 96 valence electrons. The van der Waals surface area contributed by atoms with Crippen LogP contribution in [0.5, 0.6) is 0 Å². The maximum atomic E-state index is 11.5. The average molecular weight is 265 g/mol. The third kappa shape index (κ3) is 2.46. The summed E-state index contributed by atoms with van der Waals surface area (Å²) >= 11 is 1.34. The van der Waals surface area contributed by atoms with Crippen molar-refractivity contribution in [3.8, 4) is 0 Å². The first-order chi connectivity index (χ1) is 8.63. The molecule has 0 fully saturated rings. The molecule has 0 radical (unpaired) electrons. The van der Waals surface area contributed by atoms with Crippen LogP contribution in [0.2, 0.25) is 0 Å². The van der Waals surface area contributed by atoms with Crippen molar-refractivity contribution in [2.75, 3.05) is 0 Å². The van der Waals surface area contributed by atoms with Crippen LogP contribution in [0.25, 0.3) is 0 Å². The molecule has 0 unspecified atom stereocenters. The molecule has 18 heavy (non-hydrogen) atoms. The first-order valence-corrected chi connectivity index (χ1v) is 6.48. The molecule has 0 saturated heterocycles. The highest BCUT2D eigenvalue weighted by Gasteiger charge is 2.13. The molecule has 0 spiro atoms. The molecule has 1 atom stereocenters. The van der Waals surface area contributed by atoms with Gasteiger partial charge in [0.2, 0.25) is 0 Å². The monoisotopic (exact) mass is 265 g/mol. The summed E-state index contributed by atoms with van der Waals surface area (Å²) in [4.78, 5) is 15.8. The average Bonchev–Trinajstić information content (AvgIpc) is 2.70. The topological polar surface area (TPSA) is 89.6 Å². The van der Waals surface area contributed by atoms with Gasteiger partial charge in [0.15, 0.2) is 5.16 Å². The lowest BCUT2D eigenvalue weighted by molar-refractivity contribution is 0.659. The third-order valence-electron chi connectivity index (χ3n) is 2.52. The van der Waals surface area contributed by atoms with Crippen LogP contribution in [0.3, 0.4) is 0 Å². The van der Waals surface area contributed by atoms with Gasteiger partial charge in [-0.25, -0.2) is 14.9 Å². The van der Waals surface area contributed by atoms with E-state index in [9.17, 15) is 4.79 Å². The van der Waals surface area contributed by atoms with Crippen LogP contribution in [0, 0.1) is 0 Å². The van der Waals surface area contributed by atoms with Crippen molar-refractivity contribution in [1.82, 2.24) is 19.7 Å². The molecule has 2 aromatic heterocycles. The highest BCUT2D eigenvalue weighted by Crippen LogP contribution is 2.28. The Balaban J connectivity index is 2.37. The van der Waals surface area contributed by atoms with E-state index >= 15 is 0 Å².